The number of aryl methyl sites for hydroxylation is 2. The van der Waals surface area contributed by atoms with Crippen molar-refractivity contribution < 1.29 is 14.5 Å². The molecule has 0 atom stereocenters. The van der Waals surface area contributed by atoms with E-state index in [0.717, 1.165) is 22.7 Å². The minimum absolute atomic E-state index is 0.0664. The Morgan fingerprint density at radius 1 is 1.11 bits per heavy atom. The van der Waals surface area contributed by atoms with Crippen molar-refractivity contribution in [3.63, 3.8) is 0 Å². The van der Waals surface area contributed by atoms with E-state index in [0.29, 0.717) is 17.1 Å². The van der Waals surface area contributed by atoms with Crippen LogP contribution in [0.5, 0.6) is 5.75 Å². The van der Waals surface area contributed by atoms with E-state index in [1.54, 1.807) is 7.11 Å². The van der Waals surface area contributed by atoms with Gasteiger partial charge in [0.2, 0.25) is 5.13 Å². The lowest BCUT2D eigenvalue weighted by molar-refractivity contribution is -0.384. The molecule has 0 fully saturated rings. The fraction of sp³-hybridized carbons (Fsp3) is 0.167. The van der Waals surface area contributed by atoms with E-state index in [1.807, 2.05) is 24.3 Å². The molecule has 0 bridgehead atoms. The zero-order chi connectivity index (χ0) is 19.2. The van der Waals surface area contributed by atoms with Crippen LogP contribution < -0.4 is 10.1 Å². The summed E-state index contributed by atoms with van der Waals surface area (Å²) < 4.78 is 5.13. The third-order valence-corrected chi connectivity index (χ3v) is 4.71. The second kappa shape index (κ2) is 8.37. The summed E-state index contributed by atoms with van der Waals surface area (Å²) >= 11 is 1.30. The van der Waals surface area contributed by atoms with Gasteiger partial charge in [0.1, 0.15) is 10.8 Å². The van der Waals surface area contributed by atoms with Gasteiger partial charge in [-0.15, -0.1) is 10.2 Å². The molecular formula is C18H16N4O4S. The number of carbonyl (C=O) groups is 1. The van der Waals surface area contributed by atoms with Crippen LogP contribution in [0.1, 0.15) is 20.9 Å². The number of nitrogens with one attached hydrogen (secondary N) is 1. The van der Waals surface area contributed by atoms with Gasteiger partial charge in [0, 0.05) is 24.1 Å². The number of ether oxygens (including phenoxy) is 1. The quantitative estimate of drug-likeness (QED) is 0.493. The molecule has 27 heavy (non-hydrogen) atoms. The maximum absolute atomic E-state index is 12.2. The molecule has 1 N–H and O–H groups in total. The molecular weight excluding hydrogens is 368 g/mol. The second-order valence-electron chi connectivity index (χ2n) is 5.61. The molecule has 0 aliphatic rings. The summed E-state index contributed by atoms with van der Waals surface area (Å²) in [6.07, 6.45) is 1.51. The van der Waals surface area contributed by atoms with Crippen molar-refractivity contribution in [3.8, 4) is 5.75 Å². The minimum Gasteiger partial charge on any atom is -0.497 e. The molecule has 0 unspecified atom stereocenters. The highest BCUT2D eigenvalue weighted by Crippen LogP contribution is 2.20. The number of non-ortho nitro benzene ring substituents is 1. The molecule has 3 aromatic rings. The molecule has 0 aliphatic carbocycles. The van der Waals surface area contributed by atoms with Crippen LogP contribution in [0, 0.1) is 10.1 Å². The summed E-state index contributed by atoms with van der Waals surface area (Å²) in [6, 6.07) is 13.2. The number of aromatic nitrogens is 2. The van der Waals surface area contributed by atoms with Crippen LogP contribution in [-0.2, 0) is 12.8 Å². The Morgan fingerprint density at radius 2 is 1.81 bits per heavy atom. The SMILES string of the molecule is COc1ccc(CCc2nnc(NC(=O)c3ccc([N+](=O)[O-])cc3)s2)cc1. The average Bonchev–Trinajstić information content (AvgIpc) is 3.14. The number of hydrogen-bond donors (Lipinski definition) is 1. The molecule has 0 saturated heterocycles. The molecule has 8 nitrogen and oxygen atoms in total. The number of methoxy groups -OCH3 is 1. The summed E-state index contributed by atoms with van der Waals surface area (Å²) in [7, 11) is 1.63. The van der Waals surface area contributed by atoms with E-state index >= 15 is 0 Å². The van der Waals surface area contributed by atoms with E-state index in [9.17, 15) is 14.9 Å². The summed E-state index contributed by atoms with van der Waals surface area (Å²) in [5.41, 5.74) is 1.40. The minimum atomic E-state index is -0.512. The molecule has 0 aliphatic heterocycles. The number of amides is 1. The Bertz CT molecular complexity index is 939. The Balaban J connectivity index is 1.56. The van der Waals surface area contributed by atoms with Crippen molar-refractivity contribution in [3.05, 3.63) is 74.8 Å². The third kappa shape index (κ3) is 4.85. The van der Waals surface area contributed by atoms with Crippen molar-refractivity contribution in [1.82, 2.24) is 10.2 Å². The number of anilines is 1. The number of nitro benzene ring substituents is 1. The first-order valence-corrected chi connectivity index (χ1v) is 8.88. The maximum atomic E-state index is 12.2. The lowest BCUT2D eigenvalue weighted by Crippen LogP contribution is -2.11. The highest BCUT2D eigenvalue weighted by molar-refractivity contribution is 7.15. The van der Waals surface area contributed by atoms with Crippen LogP contribution in [0.4, 0.5) is 10.8 Å². The number of benzene rings is 2. The number of carbonyl (C=O) groups excluding carboxylic acids is 1. The van der Waals surface area contributed by atoms with Gasteiger partial charge < -0.3 is 4.74 Å². The van der Waals surface area contributed by atoms with E-state index < -0.39 is 4.92 Å². The first kappa shape index (κ1) is 18.5. The fourth-order valence-corrected chi connectivity index (χ4v) is 3.09. The second-order valence-corrected chi connectivity index (χ2v) is 6.67. The monoisotopic (exact) mass is 384 g/mol. The summed E-state index contributed by atoms with van der Waals surface area (Å²) in [5, 5.41) is 22.6. The van der Waals surface area contributed by atoms with Crippen molar-refractivity contribution in [2.45, 2.75) is 12.8 Å². The molecule has 138 valence electrons. The van der Waals surface area contributed by atoms with Crippen LogP contribution in [0.25, 0.3) is 0 Å². The summed E-state index contributed by atoms with van der Waals surface area (Å²) in [6.45, 7) is 0. The predicted molar refractivity (Wildman–Crippen MR) is 101 cm³/mol. The van der Waals surface area contributed by atoms with E-state index in [-0.39, 0.29) is 11.6 Å². The Kier molecular flexibility index (Phi) is 5.72. The van der Waals surface area contributed by atoms with Crippen molar-refractivity contribution in [2.24, 2.45) is 0 Å². The van der Waals surface area contributed by atoms with Gasteiger partial charge in [-0.3, -0.25) is 20.2 Å². The fourth-order valence-electron chi connectivity index (χ4n) is 2.35. The molecule has 0 radical (unpaired) electrons. The molecule has 1 heterocycles. The molecule has 9 heteroatoms. The van der Waals surface area contributed by atoms with Crippen LogP contribution in [-0.4, -0.2) is 28.1 Å². The van der Waals surface area contributed by atoms with Crippen molar-refractivity contribution in [1.29, 1.82) is 0 Å². The first-order chi connectivity index (χ1) is 13.0. The molecule has 3 rings (SSSR count). The van der Waals surface area contributed by atoms with Crippen molar-refractivity contribution in [2.75, 3.05) is 12.4 Å². The van der Waals surface area contributed by atoms with Gasteiger partial charge in [-0.2, -0.15) is 0 Å². The summed E-state index contributed by atoms with van der Waals surface area (Å²) in [5.74, 6) is 0.425. The lowest BCUT2D eigenvalue weighted by atomic mass is 10.1. The number of nitro groups is 1. The number of nitrogens with zero attached hydrogens (tertiary/aromatic N) is 3. The molecule has 1 aromatic heterocycles. The van der Waals surface area contributed by atoms with Gasteiger partial charge >= 0.3 is 0 Å². The standard InChI is InChI=1S/C18H16N4O4S/c1-26-15-9-2-12(3-10-15)4-11-16-20-21-18(27-16)19-17(23)13-5-7-14(8-6-13)22(24)25/h2-3,5-10H,4,11H2,1H3,(H,19,21,23). The number of rotatable bonds is 7. The molecule has 1 amide bonds. The molecule has 0 spiro atoms. The van der Waals surface area contributed by atoms with Gasteiger partial charge in [0.15, 0.2) is 0 Å². The van der Waals surface area contributed by atoms with Crippen LogP contribution >= 0.6 is 11.3 Å². The van der Waals surface area contributed by atoms with E-state index in [1.165, 1.54) is 35.6 Å². The Labute approximate surface area is 159 Å². The zero-order valence-corrected chi connectivity index (χ0v) is 15.2. The maximum Gasteiger partial charge on any atom is 0.269 e. The van der Waals surface area contributed by atoms with Crippen molar-refractivity contribution >= 4 is 28.1 Å². The van der Waals surface area contributed by atoms with Crippen LogP contribution in [0.2, 0.25) is 0 Å². The van der Waals surface area contributed by atoms with Gasteiger partial charge in [0.25, 0.3) is 11.6 Å². The van der Waals surface area contributed by atoms with Gasteiger partial charge in [-0.25, -0.2) is 0 Å². The van der Waals surface area contributed by atoms with Gasteiger partial charge in [-0.1, -0.05) is 23.5 Å². The lowest BCUT2D eigenvalue weighted by Gasteiger charge is -2.02. The largest absolute Gasteiger partial charge is 0.497 e. The average molecular weight is 384 g/mol. The highest BCUT2D eigenvalue weighted by atomic mass is 32.1. The Morgan fingerprint density at radius 3 is 2.44 bits per heavy atom. The molecule has 0 saturated carbocycles. The van der Waals surface area contributed by atoms with Gasteiger partial charge in [-0.05, 0) is 36.2 Å². The van der Waals surface area contributed by atoms with Crippen LogP contribution in [0.15, 0.2) is 48.5 Å². The normalized spacial score (nSPS) is 10.4. The zero-order valence-electron chi connectivity index (χ0n) is 14.4. The first-order valence-electron chi connectivity index (χ1n) is 8.06. The molecule has 2 aromatic carbocycles. The number of hydrogen-bond acceptors (Lipinski definition) is 7. The predicted octanol–water partition coefficient (Wildman–Crippen LogP) is 3.49. The Hall–Kier alpha value is -3.33. The van der Waals surface area contributed by atoms with E-state index in [2.05, 4.69) is 15.5 Å². The topological polar surface area (TPSA) is 107 Å². The highest BCUT2D eigenvalue weighted by Gasteiger charge is 2.12. The van der Waals surface area contributed by atoms with Crippen LogP contribution in [0.3, 0.4) is 0 Å². The van der Waals surface area contributed by atoms with E-state index in [4.69, 9.17) is 4.74 Å². The van der Waals surface area contributed by atoms with Gasteiger partial charge in [0.05, 0.1) is 12.0 Å². The third-order valence-electron chi connectivity index (χ3n) is 3.81. The smallest absolute Gasteiger partial charge is 0.269 e. The summed E-state index contributed by atoms with van der Waals surface area (Å²) in [4.78, 5) is 22.3.